The van der Waals surface area contributed by atoms with Gasteiger partial charge in [-0.1, -0.05) is 6.07 Å². The third-order valence-electron chi connectivity index (χ3n) is 2.72. The highest BCUT2D eigenvalue weighted by molar-refractivity contribution is 5.15. The maximum atomic E-state index is 5.59. The first-order valence-electron chi connectivity index (χ1n) is 5.72. The molecule has 2 heterocycles. The van der Waals surface area contributed by atoms with Crippen molar-refractivity contribution in [3.05, 3.63) is 48.0 Å². The number of hydrogen-bond acceptors (Lipinski definition) is 4. The summed E-state index contributed by atoms with van der Waals surface area (Å²) in [4.78, 5) is 4.30. The highest BCUT2D eigenvalue weighted by Gasteiger charge is 2.12. The van der Waals surface area contributed by atoms with Gasteiger partial charge >= 0.3 is 0 Å². The average Bonchev–Trinajstić information content (AvgIpc) is 2.86. The van der Waals surface area contributed by atoms with Crippen molar-refractivity contribution in [2.45, 2.75) is 25.9 Å². The van der Waals surface area contributed by atoms with Gasteiger partial charge in [-0.2, -0.15) is 5.10 Å². The predicted molar refractivity (Wildman–Crippen MR) is 65.9 cm³/mol. The van der Waals surface area contributed by atoms with Crippen molar-refractivity contribution < 1.29 is 0 Å². The van der Waals surface area contributed by atoms with Crippen LogP contribution in [-0.4, -0.2) is 14.8 Å². The molecule has 0 aliphatic carbocycles. The number of nitrogens with zero attached hydrogens (tertiary/aromatic N) is 3. The first-order chi connectivity index (χ1) is 8.33. The topological polar surface area (TPSA) is 68.8 Å². The second kappa shape index (κ2) is 5.56. The van der Waals surface area contributed by atoms with E-state index in [4.69, 9.17) is 5.84 Å². The standard InChI is InChI=1S/C12H17N5/c1-2-17-9-10(8-15-17)12(16-13)7-11-5-3-4-6-14-11/h3-6,8-9,12,16H,2,7,13H2,1H3. The fraction of sp³-hybridized carbons (Fsp3) is 0.333. The van der Waals surface area contributed by atoms with E-state index in [9.17, 15) is 0 Å². The van der Waals surface area contributed by atoms with E-state index in [1.165, 1.54) is 0 Å². The molecule has 0 aromatic carbocycles. The molecule has 0 amide bonds. The van der Waals surface area contributed by atoms with Gasteiger partial charge in [-0.25, -0.2) is 0 Å². The summed E-state index contributed by atoms with van der Waals surface area (Å²) in [5.41, 5.74) is 4.91. The Kier molecular flexibility index (Phi) is 3.85. The summed E-state index contributed by atoms with van der Waals surface area (Å²) in [6, 6.07) is 5.92. The second-order valence-corrected chi connectivity index (χ2v) is 3.87. The van der Waals surface area contributed by atoms with Gasteiger partial charge in [-0.15, -0.1) is 0 Å². The van der Waals surface area contributed by atoms with Gasteiger partial charge in [0.15, 0.2) is 0 Å². The van der Waals surface area contributed by atoms with Gasteiger partial charge in [0.05, 0.1) is 12.2 Å². The summed E-state index contributed by atoms with van der Waals surface area (Å²) < 4.78 is 1.89. The van der Waals surface area contributed by atoms with Crippen LogP contribution < -0.4 is 11.3 Å². The lowest BCUT2D eigenvalue weighted by atomic mass is 10.1. The number of hydrazine groups is 1. The lowest BCUT2D eigenvalue weighted by Gasteiger charge is -2.13. The average molecular weight is 231 g/mol. The van der Waals surface area contributed by atoms with Crippen LogP contribution in [0.3, 0.4) is 0 Å². The van der Waals surface area contributed by atoms with Crippen LogP contribution in [0.5, 0.6) is 0 Å². The molecular formula is C12H17N5. The van der Waals surface area contributed by atoms with Gasteiger partial charge in [-0.05, 0) is 19.1 Å². The molecular weight excluding hydrogens is 214 g/mol. The molecule has 2 aromatic rings. The van der Waals surface area contributed by atoms with Crippen LogP contribution >= 0.6 is 0 Å². The first-order valence-corrected chi connectivity index (χ1v) is 5.72. The molecule has 1 unspecified atom stereocenters. The van der Waals surface area contributed by atoms with Gasteiger partial charge in [0.1, 0.15) is 0 Å². The van der Waals surface area contributed by atoms with Crippen LogP contribution in [0.1, 0.15) is 24.2 Å². The molecule has 0 aliphatic heterocycles. The summed E-state index contributed by atoms with van der Waals surface area (Å²) in [7, 11) is 0. The lowest BCUT2D eigenvalue weighted by Crippen LogP contribution is -2.29. The van der Waals surface area contributed by atoms with Crippen molar-refractivity contribution in [1.82, 2.24) is 20.2 Å². The number of nitrogens with one attached hydrogen (secondary N) is 1. The molecule has 0 aliphatic rings. The Labute approximate surface area is 101 Å². The van der Waals surface area contributed by atoms with Gasteiger partial charge in [0.25, 0.3) is 0 Å². The van der Waals surface area contributed by atoms with Crippen LogP contribution in [0, 0.1) is 0 Å². The van der Waals surface area contributed by atoms with Crippen molar-refractivity contribution in [2.24, 2.45) is 5.84 Å². The van der Waals surface area contributed by atoms with E-state index in [1.54, 1.807) is 6.20 Å². The normalized spacial score (nSPS) is 12.6. The molecule has 0 fully saturated rings. The zero-order valence-electron chi connectivity index (χ0n) is 9.87. The highest BCUT2D eigenvalue weighted by atomic mass is 15.3. The van der Waals surface area contributed by atoms with Gasteiger partial charge in [-0.3, -0.25) is 20.9 Å². The van der Waals surface area contributed by atoms with E-state index in [0.717, 1.165) is 24.2 Å². The SMILES string of the molecule is CCn1cc(C(Cc2ccccn2)NN)cn1. The fourth-order valence-corrected chi connectivity index (χ4v) is 1.73. The summed E-state index contributed by atoms with van der Waals surface area (Å²) in [6.45, 7) is 2.92. The predicted octanol–water partition coefficient (Wildman–Crippen LogP) is 1.05. The molecule has 5 nitrogen and oxygen atoms in total. The van der Waals surface area contributed by atoms with Gasteiger partial charge in [0, 0.05) is 36.6 Å². The summed E-state index contributed by atoms with van der Waals surface area (Å²) >= 11 is 0. The van der Waals surface area contributed by atoms with E-state index in [2.05, 4.69) is 22.4 Å². The zero-order valence-corrected chi connectivity index (χ0v) is 9.87. The van der Waals surface area contributed by atoms with Gasteiger partial charge < -0.3 is 0 Å². The van der Waals surface area contributed by atoms with Gasteiger partial charge in [0.2, 0.25) is 0 Å². The quantitative estimate of drug-likeness (QED) is 0.596. The molecule has 0 spiro atoms. The second-order valence-electron chi connectivity index (χ2n) is 3.87. The Hall–Kier alpha value is -1.72. The van der Waals surface area contributed by atoms with Crippen LogP contribution in [0.2, 0.25) is 0 Å². The molecule has 1 atom stereocenters. The maximum Gasteiger partial charge on any atom is 0.0546 e. The Morgan fingerprint density at radius 1 is 1.47 bits per heavy atom. The van der Waals surface area contributed by atoms with Crippen molar-refractivity contribution >= 4 is 0 Å². The largest absolute Gasteiger partial charge is 0.273 e. The van der Waals surface area contributed by atoms with E-state index >= 15 is 0 Å². The minimum atomic E-state index is 0.0465. The molecule has 0 bridgehead atoms. The van der Waals surface area contributed by atoms with Crippen molar-refractivity contribution in [3.63, 3.8) is 0 Å². The van der Waals surface area contributed by atoms with E-state index in [1.807, 2.05) is 35.3 Å². The van der Waals surface area contributed by atoms with Crippen molar-refractivity contribution in [2.75, 3.05) is 0 Å². The Morgan fingerprint density at radius 2 is 2.35 bits per heavy atom. The molecule has 0 saturated heterocycles. The maximum absolute atomic E-state index is 5.59. The monoisotopic (exact) mass is 231 g/mol. The smallest absolute Gasteiger partial charge is 0.0546 e. The van der Waals surface area contributed by atoms with Crippen molar-refractivity contribution in [3.8, 4) is 0 Å². The molecule has 17 heavy (non-hydrogen) atoms. The molecule has 0 radical (unpaired) electrons. The molecule has 2 aromatic heterocycles. The van der Waals surface area contributed by atoms with Crippen LogP contribution in [-0.2, 0) is 13.0 Å². The number of aryl methyl sites for hydroxylation is 1. The Bertz CT molecular complexity index is 451. The third kappa shape index (κ3) is 2.89. The summed E-state index contributed by atoms with van der Waals surface area (Å²) in [5, 5.41) is 4.25. The molecule has 0 saturated carbocycles. The number of rotatable bonds is 5. The van der Waals surface area contributed by atoms with Crippen LogP contribution in [0.25, 0.3) is 0 Å². The fourth-order valence-electron chi connectivity index (χ4n) is 1.73. The van der Waals surface area contributed by atoms with Crippen LogP contribution in [0.4, 0.5) is 0 Å². The minimum absolute atomic E-state index is 0.0465. The highest BCUT2D eigenvalue weighted by Crippen LogP contribution is 2.15. The Balaban J connectivity index is 2.11. The van der Waals surface area contributed by atoms with Crippen LogP contribution in [0.15, 0.2) is 36.8 Å². The number of pyridine rings is 1. The summed E-state index contributed by atoms with van der Waals surface area (Å²) in [5.74, 6) is 5.59. The first kappa shape index (κ1) is 11.8. The summed E-state index contributed by atoms with van der Waals surface area (Å²) in [6.07, 6.45) is 6.40. The lowest BCUT2D eigenvalue weighted by molar-refractivity contribution is 0.544. The molecule has 2 rings (SSSR count). The molecule has 90 valence electrons. The number of aromatic nitrogens is 3. The zero-order chi connectivity index (χ0) is 12.1. The molecule has 3 N–H and O–H groups in total. The molecule has 5 heteroatoms. The van der Waals surface area contributed by atoms with E-state index in [-0.39, 0.29) is 6.04 Å². The Morgan fingerprint density at radius 3 is 2.94 bits per heavy atom. The number of nitrogens with two attached hydrogens (primary N) is 1. The van der Waals surface area contributed by atoms with E-state index < -0.39 is 0 Å². The number of hydrogen-bond donors (Lipinski definition) is 2. The van der Waals surface area contributed by atoms with Crippen molar-refractivity contribution in [1.29, 1.82) is 0 Å². The minimum Gasteiger partial charge on any atom is -0.273 e. The van der Waals surface area contributed by atoms with E-state index in [0.29, 0.717) is 0 Å². The third-order valence-corrected chi connectivity index (χ3v) is 2.72.